The SMILES string of the molecule is O=C(O)C[C@@H](O)c1cc(Cl)cnc1F. The van der Waals surface area contributed by atoms with Gasteiger partial charge in [0.2, 0.25) is 5.95 Å². The molecule has 0 unspecified atom stereocenters. The number of carboxylic acids is 1. The van der Waals surface area contributed by atoms with Gasteiger partial charge in [-0.05, 0) is 6.07 Å². The number of carbonyl (C=O) groups is 1. The molecule has 0 aliphatic carbocycles. The third-order valence-electron chi connectivity index (χ3n) is 1.56. The summed E-state index contributed by atoms with van der Waals surface area (Å²) in [6.07, 6.45) is -0.939. The van der Waals surface area contributed by atoms with E-state index >= 15 is 0 Å². The van der Waals surface area contributed by atoms with Crippen molar-refractivity contribution in [2.75, 3.05) is 0 Å². The summed E-state index contributed by atoms with van der Waals surface area (Å²) in [7, 11) is 0. The number of aliphatic carboxylic acids is 1. The molecule has 2 N–H and O–H groups in total. The molecule has 0 amide bonds. The van der Waals surface area contributed by atoms with E-state index in [-0.39, 0.29) is 10.6 Å². The first-order chi connectivity index (χ1) is 6.50. The van der Waals surface area contributed by atoms with Gasteiger partial charge in [0.05, 0.1) is 17.5 Å². The smallest absolute Gasteiger partial charge is 0.306 e. The van der Waals surface area contributed by atoms with Crippen LogP contribution in [-0.2, 0) is 4.79 Å². The molecule has 1 rings (SSSR count). The molecule has 76 valence electrons. The van der Waals surface area contributed by atoms with Gasteiger partial charge in [-0.25, -0.2) is 4.98 Å². The Labute approximate surface area is 84.0 Å². The Bertz CT molecular complexity index is 358. The van der Waals surface area contributed by atoms with E-state index in [4.69, 9.17) is 16.7 Å². The van der Waals surface area contributed by atoms with Crippen molar-refractivity contribution in [3.63, 3.8) is 0 Å². The lowest BCUT2D eigenvalue weighted by atomic mass is 10.1. The van der Waals surface area contributed by atoms with Crippen molar-refractivity contribution in [2.24, 2.45) is 0 Å². The number of aliphatic hydroxyl groups excluding tert-OH is 1. The molecule has 0 saturated heterocycles. The number of halogens is 2. The highest BCUT2D eigenvalue weighted by molar-refractivity contribution is 6.30. The second kappa shape index (κ2) is 4.34. The Kier molecular flexibility index (Phi) is 3.38. The summed E-state index contributed by atoms with van der Waals surface area (Å²) in [5.74, 6) is -2.14. The van der Waals surface area contributed by atoms with Gasteiger partial charge in [-0.1, -0.05) is 11.6 Å². The van der Waals surface area contributed by atoms with Crippen molar-refractivity contribution in [3.05, 3.63) is 28.8 Å². The van der Waals surface area contributed by atoms with Crippen LogP contribution in [0.3, 0.4) is 0 Å². The predicted octanol–water partition coefficient (Wildman–Crippen LogP) is 1.38. The first-order valence-electron chi connectivity index (χ1n) is 3.71. The van der Waals surface area contributed by atoms with Crippen molar-refractivity contribution in [1.29, 1.82) is 0 Å². The zero-order valence-corrected chi connectivity index (χ0v) is 7.70. The van der Waals surface area contributed by atoms with E-state index in [1.165, 1.54) is 0 Å². The number of nitrogens with zero attached hydrogens (tertiary/aromatic N) is 1. The molecule has 0 aromatic carbocycles. The second-order valence-corrected chi connectivity index (χ2v) is 3.08. The van der Waals surface area contributed by atoms with Crippen LogP contribution in [0.15, 0.2) is 12.3 Å². The normalized spacial score (nSPS) is 12.5. The second-order valence-electron chi connectivity index (χ2n) is 2.65. The van der Waals surface area contributed by atoms with E-state index in [9.17, 15) is 14.3 Å². The van der Waals surface area contributed by atoms with Crippen LogP contribution in [0.5, 0.6) is 0 Å². The van der Waals surface area contributed by atoms with E-state index in [0.29, 0.717) is 0 Å². The number of carboxylic acid groups (broad SMARTS) is 1. The number of rotatable bonds is 3. The number of hydrogen-bond acceptors (Lipinski definition) is 3. The molecule has 14 heavy (non-hydrogen) atoms. The third-order valence-corrected chi connectivity index (χ3v) is 1.77. The van der Waals surface area contributed by atoms with Gasteiger partial charge in [0.15, 0.2) is 0 Å². The molecular formula is C8H7ClFNO3. The van der Waals surface area contributed by atoms with E-state index in [1.807, 2.05) is 0 Å². The summed E-state index contributed by atoms with van der Waals surface area (Å²) in [5.41, 5.74) is -0.208. The van der Waals surface area contributed by atoms with Crippen molar-refractivity contribution >= 4 is 17.6 Å². The molecule has 4 nitrogen and oxygen atoms in total. The molecule has 0 radical (unpaired) electrons. The fourth-order valence-corrected chi connectivity index (χ4v) is 1.11. The summed E-state index contributed by atoms with van der Waals surface area (Å²) in [4.78, 5) is 13.5. The van der Waals surface area contributed by atoms with Gasteiger partial charge < -0.3 is 10.2 Å². The summed E-state index contributed by atoms with van der Waals surface area (Å²) >= 11 is 5.51. The highest BCUT2D eigenvalue weighted by Gasteiger charge is 2.17. The maximum Gasteiger partial charge on any atom is 0.306 e. The zero-order valence-electron chi connectivity index (χ0n) is 6.94. The van der Waals surface area contributed by atoms with Crippen LogP contribution in [0.25, 0.3) is 0 Å². The van der Waals surface area contributed by atoms with E-state index in [2.05, 4.69) is 4.98 Å². The van der Waals surface area contributed by atoms with Gasteiger partial charge in [-0.15, -0.1) is 0 Å². The lowest BCUT2D eigenvalue weighted by Gasteiger charge is -2.08. The summed E-state index contributed by atoms with van der Waals surface area (Å²) in [6.45, 7) is 0. The number of aliphatic hydroxyl groups is 1. The standard InChI is InChI=1S/C8H7ClFNO3/c9-4-1-5(8(10)11-3-4)6(12)2-7(13)14/h1,3,6,12H,2H2,(H,13,14)/t6-/m1/s1. The molecule has 1 aromatic rings. The first kappa shape index (κ1) is 10.9. The Hall–Kier alpha value is -1.20. The quantitative estimate of drug-likeness (QED) is 0.754. The molecule has 1 heterocycles. The molecule has 1 aromatic heterocycles. The van der Waals surface area contributed by atoms with Gasteiger partial charge in [-0.3, -0.25) is 4.79 Å². The zero-order chi connectivity index (χ0) is 10.7. The largest absolute Gasteiger partial charge is 0.481 e. The Morgan fingerprint density at radius 1 is 1.71 bits per heavy atom. The van der Waals surface area contributed by atoms with Crippen molar-refractivity contribution in [1.82, 2.24) is 4.98 Å². The van der Waals surface area contributed by atoms with Crippen LogP contribution >= 0.6 is 11.6 Å². The van der Waals surface area contributed by atoms with Crippen LogP contribution in [0.4, 0.5) is 4.39 Å². The fourth-order valence-electron chi connectivity index (χ4n) is 0.947. The lowest BCUT2D eigenvalue weighted by molar-refractivity contribution is -0.139. The Morgan fingerprint density at radius 2 is 2.36 bits per heavy atom. The monoisotopic (exact) mass is 219 g/mol. The number of hydrogen-bond donors (Lipinski definition) is 2. The Balaban J connectivity index is 2.93. The third kappa shape index (κ3) is 2.65. The highest BCUT2D eigenvalue weighted by atomic mass is 35.5. The Morgan fingerprint density at radius 3 is 2.93 bits per heavy atom. The van der Waals surface area contributed by atoms with Crippen LogP contribution in [0.2, 0.25) is 5.02 Å². The van der Waals surface area contributed by atoms with Crippen LogP contribution in [0, 0.1) is 5.95 Å². The number of aromatic nitrogens is 1. The molecule has 0 bridgehead atoms. The maximum absolute atomic E-state index is 12.9. The molecule has 6 heteroatoms. The van der Waals surface area contributed by atoms with Crippen LogP contribution in [0.1, 0.15) is 18.1 Å². The van der Waals surface area contributed by atoms with Crippen molar-refractivity contribution in [3.8, 4) is 0 Å². The van der Waals surface area contributed by atoms with Crippen LogP contribution < -0.4 is 0 Å². The highest BCUT2D eigenvalue weighted by Crippen LogP contribution is 2.21. The summed E-state index contributed by atoms with van der Waals surface area (Å²) in [6, 6.07) is 1.15. The minimum atomic E-state index is -1.43. The van der Waals surface area contributed by atoms with Gasteiger partial charge in [0, 0.05) is 11.8 Å². The average Bonchev–Trinajstić information content (AvgIpc) is 2.08. The topological polar surface area (TPSA) is 70.4 Å². The lowest BCUT2D eigenvalue weighted by Crippen LogP contribution is -2.08. The minimum Gasteiger partial charge on any atom is -0.481 e. The predicted molar refractivity (Wildman–Crippen MR) is 46.4 cm³/mol. The van der Waals surface area contributed by atoms with Gasteiger partial charge >= 0.3 is 5.97 Å². The minimum absolute atomic E-state index is 0.144. The summed E-state index contributed by atoms with van der Waals surface area (Å²) < 4.78 is 12.9. The van der Waals surface area contributed by atoms with Crippen molar-refractivity contribution < 1.29 is 19.4 Å². The van der Waals surface area contributed by atoms with Gasteiger partial charge in [0.1, 0.15) is 0 Å². The molecule has 0 spiro atoms. The van der Waals surface area contributed by atoms with Gasteiger partial charge in [0.25, 0.3) is 0 Å². The first-order valence-corrected chi connectivity index (χ1v) is 4.09. The van der Waals surface area contributed by atoms with Crippen molar-refractivity contribution in [2.45, 2.75) is 12.5 Å². The van der Waals surface area contributed by atoms with Crippen LogP contribution in [-0.4, -0.2) is 21.2 Å². The maximum atomic E-state index is 12.9. The summed E-state index contributed by atoms with van der Waals surface area (Å²) in [5, 5.41) is 17.8. The fraction of sp³-hybridized carbons (Fsp3) is 0.250. The van der Waals surface area contributed by atoms with E-state index < -0.39 is 24.4 Å². The molecule has 0 fully saturated rings. The van der Waals surface area contributed by atoms with E-state index in [1.54, 1.807) is 0 Å². The molecule has 0 aliphatic rings. The molecule has 1 atom stereocenters. The molecular weight excluding hydrogens is 213 g/mol. The molecule has 0 saturated carbocycles. The average molecular weight is 220 g/mol. The molecule has 0 aliphatic heterocycles. The number of pyridine rings is 1. The van der Waals surface area contributed by atoms with Gasteiger partial charge in [-0.2, -0.15) is 4.39 Å². The van der Waals surface area contributed by atoms with E-state index in [0.717, 1.165) is 12.3 Å².